The van der Waals surface area contributed by atoms with Gasteiger partial charge < -0.3 is 5.32 Å². The fraction of sp³-hybridized carbons (Fsp3) is 0.333. The molecule has 21 heavy (non-hydrogen) atoms. The second-order valence-electron chi connectivity index (χ2n) is 4.42. The first kappa shape index (κ1) is 14.9. The molecule has 1 atom stereocenters. The summed E-state index contributed by atoms with van der Waals surface area (Å²) in [7, 11) is 0. The highest BCUT2D eigenvalue weighted by Gasteiger charge is 2.30. The summed E-state index contributed by atoms with van der Waals surface area (Å²) in [5.74, 6) is -0.396. The summed E-state index contributed by atoms with van der Waals surface area (Å²) in [5.41, 5.74) is -0.378. The van der Waals surface area contributed by atoms with Crippen LogP contribution in [0, 0.1) is 0 Å². The van der Waals surface area contributed by atoms with Crippen molar-refractivity contribution in [2.24, 2.45) is 0 Å². The van der Waals surface area contributed by atoms with Gasteiger partial charge in [0.05, 0.1) is 11.6 Å². The van der Waals surface area contributed by atoms with Crippen LogP contribution in [0.15, 0.2) is 30.6 Å². The average Bonchev–Trinajstić information content (AvgIpc) is 2.90. The van der Waals surface area contributed by atoms with Gasteiger partial charge in [0.25, 0.3) is 0 Å². The molecule has 2 rings (SSSR count). The number of hydrogen-bond acceptors (Lipinski definition) is 4. The van der Waals surface area contributed by atoms with Crippen molar-refractivity contribution in [2.45, 2.75) is 25.7 Å². The molecular weight excluding hydrogens is 287 g/mol. The minimum atomic E-state index is -4.41. The Bertz CT molecular complexity index is 612. The summed E-state index contributed by atoms with van der Waals surface area (Å²) in [6.07, 6.45) is -3.14. The van der Waals surface area contributed by atoms with E-state index in [1.54, 1.807) is 6.92 Å². The van der Waals surface area contributed by atoms with E-state index in [2.05, 4.69) is 20.8 Å². The van der Waals surface area contributed by atoms with Gasteiger partial charge >= 0.3 is 6.18 Å². The zero-order valence-corrected chi connectivity index (χ0v) is 11.0. The molecule has 1 amide bonds. The summed E-state index contributed by atoms with van der Waals surface area (Å²) >= 11 is 0. The number of alkyl halides is 3. The quantitative estimate of drug-likeness (QED) is 0.930. The number of rotatable bonds is 4. The third kappa shape index (κ3) is 4.01. The zero-order chi connectivity index (χ0) is 15.5. The first-order valence-corrected chi connectivity index (χ1v) is 6.03. The number of nitrogens with one attached hydrogen (secondary N) is 1. The van der Waals surface area contributed by atoms with Gasteiger partial charge in [0.15, 0.2) is 0 Å². The monoisotopic (exact) mass is 299 g/mol. The van der Waals surface area contributed by atoms with Crippen molar-refractivity contribution >= 4 is 5.91 Å². The Morgan fingerprint density at radius 3 is 2.81 bits per heavy atom. The molecule has 1 heterocycles. The van der Waals surface area contributed by atoms with Crippen molar-refractivity contribution in [1.29, 1.82) is 0 Å². The fourth-order valence-corrected chi connectivity index (χ4v) is 1.75. The van der Waals surface area contributed by atoms with E-state index in [1.807, 2.05) is 0 Å². The van der Waals surface area contributed by atoms with Crippen LogP contribution < -0.4 is 5.32 Å². The fourth-order valence-electron chi connectivity index (χ4n) is 1.75. The standard InChI is InChI=1S/C12H12F3N5O/c1-8(17-11(21)6-20-7-16-18-19-20)9-3-2-4-10(5-9)12(13,14)15/h2-5,7-8H,6H2,1H3,(H,17,21)/t8-/m0/s1. The predicted octanol–water partition coefficient (Wildman–Crippen LogP) is 1.57. The maximum absolute atomic E-state index is 12.6. The van der Waals surface area contributed by atoms with Crippen molar-refractivity contribution in [1.82, 2.24) is 25.5 Å². The van der Waals surface area contributed by atoms with Crippen LogP contribution >= 0.6 is 0 Å². The normalized spacial score (nSPS) is 13.0. The van der Waals surface area contributed by atoms with Crippen molar-refractivity contribution in [2.75, 3.05) is 0 Å². The molecule has 0 unspecified atom stereocenters. The molecule has 0 aliphatic carbocycles. The third-order valence-electron chi connectivity index (χ3n) is 2.79. The lowest BCUT2D eigenvalue weighted by Gasteiger charge is -2.16. The lowest BCUT2D eigenvalue weighted by molar-refractivity contribution is -0.137. The first-order chi connectivity index (χ1) is 9.86. The lowest BCUT2D eigenvalue weighted by atomic mass is 10.0. The van der Waals surface area contributed by atoms with Crippen LogP contribution in [0.2, 0.25) is 0 Å². The van der Waals surface area contributed by atoms with Crippen LogP contribution in [0.3, 0.4) is 0 Å². The number of aromatic nitrogens is 4. The largest absolute Gasteiger partial charge is 0.416 e. The molecule has 0 bridgehead atoms. The van der Waals surface area contributed by atoms with Gasteiger partial charge in [0.2, 0.25) is 5.91 Å². The minimum Gasteiger partial charge on any atom is -0.348 e. The summed E-state index contributed by atoms with van der Waals surface area (Å²) in [6.45, 7) is 1.50. The average molecular weight is 299 g/mol. The van der Waals surface area contributed by atoms with E-state index in [4.69, 9.17) is 0 Å². The van der Waals surface area contributed by atoms with Crippen LogP contribution in [0.5, 0.6) is 0 Å². The molecule has 2 aromatic rings. The molecule has 0 saturated heterocycles. The van der Waals surface area contributed by atoms with E-state index >= 15 is 0 Å². The molecule has 6 nitrogen and oxygen atoms in total. The lowest BCUT2D eigenvalue weighted by Crippen LogP contribution is -2.30. The highest BCUT2D eigenvalue weighted by molar-refractivity contribution is 5.76. The van der Waals surface area contributed by atoms with Gasteiger partial charge in [-0.25, -0.2) is 4.68 Å². The number of nitrogens with zero attached hydrogens (tertiary/aromatic N) is 4. The number of tetrazole rings is 1. The number of carbonyl (C=O) groups is 1. The van der Waals surface area contributed by atoms with E-state index in [1.165, 1.54) is 23.1 Å². The molecule has 1 aromatic heterocycles. The third-order valence-corrected chi connectivity index (χ3v) is 2.79. The van der Waals surface area contributed by atoms with Gasteiger partial charge in [-0.2, -0.15) is 13.2 Å². The summed E-state index contributed by atoms with van der Waals surface area (Å²) in [5, 5.41) is 12.9. The van der Waals surface area contributed by atoms with Crippen LogP contribution in [0.25, 0.3) is 0 Å². The van der Waals surface area contributed by atoms with Crippen molar-refractivity contribution < 1.29 is 18.0 Å². The number of hydrogen-bond donors (Lipinski definition) is 1. The molecule has 0 spiro atoms. The first-order valence-electron chi connectivity index (χ1n) is 6.03. The van der Waals surface area contributed by atoms with E-state index in [0.717, 1.165) is 12.1 Å². The van der Waals surface area contributed by atoms with E-state index in [9.17, 15) is 18.0 Å². The zero-order valence-electron chi connectivity index (χ0n) is 11.0. The van der Waals surface area contributed by atoms with Crippen molar-refractivity contribution in [3.8, 4) is 0 Å². The van der Waals surface area contributed by atoms with Crippen LogP contribution in [-0.2, 0) is 17.5 Å². The molecule has 0 saturated carbocycles. The Morgan fingerprint density at radius 2 is 2.19 bits per heavy atom. The van der Waals surface area contributed by atoms with Gasteiger partial charge in [-0.05, 0) is 35.0 Å². The van der Waals surface area contributed by atoms with E-state index in [0.29, 0.717) is 5.56 Å². The van der Waals surface area contributed by atoms with Crippen LogP contribution in [-0.4, -0.2) is 26.1 Å². The maximum Gasteiger partial charge on any atom is 0.416 e. The molecule has 0 fully saturated rings. The Labute approximate surface area is 118 Å². The van der Waals surface area contributed by atoms with Gasteiger partial charge in [0, 0.05) is 0 Å². The number of benzene rings is 1. The highest BCUT2D eigenvalue weighted by Crippen LogP contribution is 2.30. The Balaban J connectivity index is 2.03. The Hall–Kier alpha value is -2.45. The van der Waals surface area contributed by atoms with Crippen molar-refractivity contribution in [3.63, 3.8) is 0 Å². The molecule has 112 valence electrons. The topological polar surface area (TPSA) is 72.7 Å². The number of carbonyl (C=O) groups excluding carboxylic acids is 1. The van der Waals surface area contributed by atoms with Crippen LogP contribution in [0.1, 0.15) is 24.1 Å². The van der Waals surface area contributed by atoms with Gasteiger partial charge in [0.1, 0.15) is 12.9 Å². The Kier molecular flexibility index (Phi) is 4.20. The predicted molar refractivity (Wildman–Crippen MR) is 65.8 cm³/mol. The van der Waals surface area contributed by atoms with Gasteiger partial charge in [-0.3, -0.25) is 4.79 Å². The van der Waals surface area contributed by atoms with Crippen molar-refractivity contribution in [3.05, 3.63) is 41.7 Å². The Morgan fingerprint density at radius 1 is 1.43 bits per heavy atom. The molecule has 9 heteroatoms. The highest BCUT2D eigenvalue weighted by atomic mass is 19.4. The molecule has 0 radical (unpaired) electrons. The molecule has 1 N–H and O–H groups in total. The minimum absolute atomic E-state index is 0.101. The molecule has 0 aliphatic heterocycles. The van der Waals surface area contributed by atoms with E-state index < -0.39 is 23.7 Å². The second kappa shape index (κ2) is 5.90. The smallest absolute Gasteiger partial charge is 0.348 e. The number of amides is 1. The summed E-state index contributed by atoms with van der Waals surface area (Å²) in [6, 6.07) is 4.27. The maximum atomic E-state index is 12.6. The van der Waals surface area contributed by atoms with E-state index in [-0.39, 0.29) is 6.54 Å². The molecular formula is C12H12F3N5O. The van der Waals surface area contributed by atoms with Crippen LogP contribution in [0.4, 0.5) is 13.2 Å². The summed E-state index contributed by atoms with van der Waals surface area (Å²) < 4.78 is 39.1. The molecule has 0 aliphatic rings. The second-order valence-corrected chi connectivity index (χ2v) is 4.42. The summed E-state index contributed by atoms with van der Waals surface area (Å²) in [4.78, 5) is 11.7. The number of halogens is 3. The van der Waals surface area contributed by atoms with Gasteiger partial charge in [-0.1, -0.05) is 12.1 Å². The SMILES string of the molecule is C[C@H](NC(=O)Cn1cnnn1)c1cccc(C(F)(F)F)c1. The molecule has 1 aromatic carbocycles. The van der Waals surface area contributed by atoms with Gasteiger partial charge in [-0.15, -0.1) is 5.10 Å².